The molecule has 0 radical (unpaired) electrons. The van der Waals surface area contributed by atoms with Gasteiger partial charge < -0.3 is 4.74 Å². The molecule has 0 atom stereocenters. The molecule has 0 saturated heterocycles. The molecule has 2 aromatic carbocycles. The van der Waals surface area contributed by atoms with Crippen molar-refractivity contribution in [1.29, 1.82) is 5.26 Å². The number of carbonyl (C=O) groups excluding carboxylic acids is 1. The SMILES string of the molecule is N#Cc1ccc(N=Nc2ccc(COC(=O)Cl)cc2)cc1. The van der Waals surface area contributed by atoms with E-state index in [2.05, 4.69) is 15.0 Å². The molecule has 0 amide bonds. The lowest BCUT2D eigenvalue weighted by Gasteiger charge is -2.00. The molecule has 0 heterocycles. The van der Waals surface area contributed by atoms with Crippen LogP contribution in [0, 0.1) is 11.3 Å². The van der Waals surface area contributed by atoms with E-state index in [4.69, 9.17) is 16.9 Å². The van der Waals surface area contributed by atoms with Gasteiger partial charge in [-0.2, -0.15) is 15.5 Å². The molecule has 6 heteroatoms. The lowest BCUT2D eigenvalue weighted by atomic mass is 10.2. The zero-order valence-electron chi connectivity index (χ0n) is 10.9. The van der Waals surface area contributed by atoms with Gasteiger partial charge in [-0.3, -0.25) is 0 Å². The predicted octanol–water partition coefficient (Wildman–Crippen LogP) is 4.85. The quantitative estimate of drug-likeness (QED) is 0.598. The third-order valence-corrected chi connectivity index (χ3v) is 2.68. The van der Waals surface area contributed by atoms with Crippen LogP contribution in [0.2, 0.25) is 0 Å². The predicted molar refractivity (Wildman–Crippen MR) is 77.8 cm³/mol. The van der Waals surface area contributed by atoms with Crippen LogP contribution in [0.25, 0.3) is 0 Å². The number of ether oxygens (including phenoxy) is 1. The average Bonchev–Trinajstić information content (AvgIpc) is 2.52. The van der Waals surface area contributed by atoms with Crippen LogP contribution in [0.1, 0.15) is 11.1 Å². The van der Waals surface area contributed by atoms with Crippen LogP contribution >= 0.6 is 11.6 Å². The Morgan fingerprint density at radius 2 is 1.57 bits per heavy atom. The monoisotopic (exact) mass is 299 g/mol. The summed E-state index contributed by atoms with van der Waals surface area (Å²) in [6.07, 6.45) is 0. The lowest BCUT2D eigenvalue weighted by molar-refractivity contribution is 0.167. The molecule has 0 aliphatic rings. The smallest absolute Gasteiger partial charge is 0.404 e. The van der Waals surface area contributed by atoms with Gasteiger partial charge in [-0.05, 0) is 42.0 Å². The minimum atomic E-state index is -0.834. The average molecular weight is 300 g/mol. The third-order valence-electron chi connectivity index (χ3n) is 2.57. The summed E-state index contributed by atoms with van der Waals surface area (Å²) in [6, 6.07) is 15.9. The number of benzene rings is 2. The number of hydrogen-bond acceptors (Lipinski definition) is 5. The van der Waals surface area contributed by atoms with Gasteiger partial charge in [0.1, 0.15) is 6.61 Å². The van der Waals surface area contributed by atoms with Crippen molar-refractivity contribution in [3.05, 3.63) is 59.7 Å². The highest BCUT2D eigenvalue weighted by Gasteiger charge is 1.98. The molecule has 21 heavy (non-hydrogen) atoms. The molecule has 5 nitrogen and oxygen atoms in total. The molecule has 0 spiro atoms. The molecule has 104 valence electrons. The van der Waals surface area contributed by atoms with Crippen molar-refractivity contribution < 1.29 is 9.53 Å². The number of nitriles is 1. The van der Waals surface area contributed by atoms with Gasteiger partial charge in [0.25, 0.3) is 0 Å². The van der Waals surface area contributed by atoms with Gasteiger partial charge in [0, 0.05) is 11.6 Å². The number of halogens is 1. The van der Waals surface area contributed by atoms with Crippen molar-refractivity contribution in [3.63, 3.8) is 0 Å². The minimum absolute atomic E-state index is 0.120. The highest BCUT2D eigenvalue weighted by atomic mass is 35.5. The summed E-state index contributed by atoms with van der Waals surface area (Å²) in [5.74, 6) is 0. The van der Waals surface area contributed by atoms with E-state index in [1.807, 2.05) is 6.07 Å². The second kappa shape index (κ2) is 7.17. The fourth-order valence-corrected chi connectivity index (χ4v) is 1.57. The first-order chi connectivity index (χ1) is 10.2. The second-order valence-electron chi connectivity index (χ2n) is 4.05. The van der Waals surface area contributed by atoms with Crippen LogP contribution in [0.15, 0.2) is 58.8 Å². The summed E-state index contributed by atoms with van der Waals surface area (Å²) in [6.45, 7) is 0.120. The zero-order chi connectivity index (χ0) is 15.1. The van der Waals surface area contributed by atoms with Crippen molar-refractivity contribution >= 4 is 28.4 Å². The van der Waals surface area contributed by atoms with Gasteiger partial charge in [0.15, 0.2) is 0 Å². The minimum Gasteiger partial charge on any atom is -0.449 e. The fraction of sp³-hybridized carbons (Fsp3) is 0.0667. The molecular weight excluding hydrogens is 290 g/mol. The topological polar surface area (TPSA) is 74.8 Å². The molecule has 0 aliphatic heterocycles. The number of nitrogens with zero attached hydrogens (tertiary/aromatic N) is 3. The Morgan fingerprint density at radius 3 is 2.05 bits per heavy atom. The maximum atomic E-state index is 10.5. The Hall–Kier alpha value is -2.71. The van der Waals surface area contributed by atoms with Crippen molar-refractivity contribution in [3.8, 4) is 6.07 Å². The van der Waals surface area contributed by atoms with Crippen LogP contribution in [0.3, 0.4) is 0 Å². The molecule has 0 aliphatic carbocycles. The van der Waals surface area contributed by atoms with E-state index in [0.29, 0.717) is 16.9 Å². The van der Waals surface area contributed by atoms with E-state index in [0.717, 1.165) is 5.56 Å². The second-order valence-corrected chi connectivity index (χ2v) is 4.36. The molecule has 0 unspecified atom stereocenters. The van der Waals surface area contributed by atoms with Gasteiger partial charge in [-0.25, -0.2) is 4.79 Å². The Bertz CT molecular complexity index is 688. The first-order valence-corrected chi connectivity index (χ1v) is 6.38. The summed E-state index contributed by atoms with van der Waals surface area (Å²) in [7, 11) is 0. The number of azo groups is 1. The van der Waals surface area contributed by atoms with Gasteiger partial charge >= 0.3 is 5.43 Å². The number of hydrogen-bond donors (Lipinski definition) is 0. The van der Waals surface area contributed by atoms with Crippen molar-refractivity contribution in [2.45, 2.75) is 6.61 Å². The molecule has 0 fully saturated rings. The number of rotatable bonds is 4. The van der Waals surface area contributed by atoms with E-state index in [-0.39, 0.29) is 6.61 Å². The summed E-state index contributed by atoms with van der Waals surface area (Å²) in [4.78, 5) is 10.5. The molecule has 0 N–H and O–H groups in total. The Morgan fingerprint density at radius 1 is 1.05 bits per heavy atom. The van der Waals surface area contributed by atoms with E-state index in [9.17, 15) is 4.79 Å². The van der Waals surface area contributed by atoms with E-state index < -0.39 is 5.43 Å². The lowest BCUT2D eigenvalue weighted by Crippen LogP contribution is -1.93. The highest BCUT2D eigenvalue weighted by Crippen LogP contribution is 2.19. The molecule has 2 aromatic rings. The summed E-state index contributed by atoms with van der Waals surface area (Å²) in [5.41, 5.74) is 1.88. The van der Waals surface area contributed by atoms with E-state index >= 15 is 0 Å². The van der Waals surface area contributed by atoms with Crippen LogP contribution < -0.4 is 0 Å². The van der Waals surface area contributed by atoms with E-state index in [1.54, 1.807) is 48.5 Å². The molecule has 0 bridgehead atoms. The van der Waals surface area contributed by atoms with Gasteiger partial charge in [0.2, 0.25) is 0 Å². The largest absolute Gasteiger partial charge is 0.449 e. The van der Waals surface area contributed by atoms with Crippen molar-refractivity contribution in [1.82, 2.24) is 0 Å². The molecule has 0 saturated carbocycles. The summed E-state index contributed by atoms with van der Waals surface area (Å²) < 4.78 is 4.67. The summed E-state index contributed by atoms with van der Waals surface area (Å²) >= 11 is 5.08. The van der Waals surface area contributed by atoms with Gasteiger partial charge in [0.05, 0.1) is 23.0 Å². The maximum Gasteiger partial charge on any atom is 0.404 e. The normalized spacial score (nSPS) is 10.3. The van der Waals surface area contributed by atoms with Crippen LogP contribution in [0.5, 0.6) is 0 Å². The third kappa shape index (κ3) is 4.71. The zero-order valence-corrected chi connectivity index (χ0v) is 11.6. The summed E-state index contributed by atoms with van der Waals surface area (Å²) in [5, 5.41) is 16.8. The molecule has 0 aromatic heterocycles. The first-order valence-electron chi connectivity index (χ1n) is 6.00. The maximum absolute atomic E-state index is 10.5. The standard InChI is InChI=1S/C15H10ClN3O2/c16-15(20)21-10-12-3-7-14(8-4-12)19-18-13-5-1-11(9-17)2-6-13/h1-8H,10H2. The van der Waals surface area contributed by atoms with Crippen molar-refractivity contribution in [2.75, 3.05) is 0 Å². The Balaban J connectivity index is 2.00. The molecular formula is C15H10ClN3O2. The Kier molecular flexibility index (Phi) is 5.02. The highest BCUT2D eigenvalue weighted by molar-refractivity contribution is 6.61. The number of carbonyl (C=O) groups is 1. The van der Waals surface area contributed by atoms with Crippen molar-refractivity contribution in [2.24, 2.45) is 10.2 Å². The van der Waals surface area contributed by atoms with Gasteiger partial charge in [-0.1, -0.05) is 12.1 Å². The van der Waals surface area contributed by atoms with E-state index in [1.165, 1.54) is 0 Å². The van der Waals surface area contributed by atoms with Gasteiger partial charge in [-0.15, -0.1) is 0 Å². The Labute approximate surface area is 126 Å². The first kappa shape index (κ1) is 14.7. The fourth-order valence-electron chi connectivity index (χ4n) is 1.52. The van der Waals surface area contributed by atoms with Crippen LogP contribution in [-0.4, -0.2) is 5.43 Å². The van der Waals surface area contributed by atoms with Crippen LogP contribution in [-0.2, 0) is 11.3 Å². The van der Waals surface area contributed by atoms with Crippen LogP contribution in [0.4, 0.5) is 16.2 Å². The molecule has 2 rings (SSSR count).